The number of aliphatic hydroxyl groups excluding tert-OH is 1. The minimum Gasteiger partial charge on any atom is -0.391 e. The maximum Gasteiger partial charge on any atom is 0.0967 e. The molecule has 2 unspecified atom stereocenters. The van der Waals surface area contributed by atoms with Crippen molar-refractivity contribution in [3.05, 3.63) is 47.8 Å². The van der Waals surface area contributed by atoms with Gasteiger partial charge in [0.2, 0.25) is 0 Å². The van der Waals surface area contributed by atoms with E-state index in [4.69, 9.17) is 0 Å². The van der Waals surface area contributed by atoms with Gasteiger partial charge in [0, 0.05) is 13.1 Å². The lowest BCUT2D eigenvalue weighted by molar-refractivity contribution is 0.0685. The third-order valence-electron chi connectivity index (χ3n) is 4.65. The molecule has 2 atom stereocenters. The summed E-state index contributed by atoms with van der Waals surface area (Å²) in [7, 11) is 2.11. The molecule has 5 nitrogen and oxygen atoms in total. The Morgan fingerprint density at radius 1 is 1.22 bits per heavy atom. The summed E-state index contributed by atoms with van der Waals surface area (Å²) in [6, 6.07) is 10.6. The number of aliphatic hydroxyl groups is 1. The molecule has 3 rings (SSSR count). The van der Waals surface area contributed by atoms with E-state index in [9.17, 15) is 5.11 Å². The molecule has 5 heteroatoms. The largest absolute Gasteiger partial charge is 0.391 e. The molecule has 1 aliphatic carbocycles. The molecule has 2 aromatic rings. The van der Waals surface area contributed by atoms with Crippen molar-refractivity contribution in [1.82, 2.24) is 19.9 Å². The summed E-state index contributed by atoms with van der Waals surface area (Å²) in [6.07, 6.45) is 6.89. The lowest BCUT2D eigenvalue weighted by Gasteiger charge is -2.27. The predicted molar refractivity (Wildman–Crippen MR) is 90.0 cm³/mol. The van der Waals surface area contributed by atoms with Crippen LogP contribution in [0, 0.1) is 0 Å². The minimum atomic E-state index is -0.283. The van der Waals surface area contributed by atoms with E-state index in [0.29, 0.717) is 0 Å². The molecule has 0 radical (unpaired) electrons. The Kier molecular flexibility index (Phi) is 5.41. The van der Waals surface area contributed by atoms with Gasteiger partial charge in [0.25, 0.3) is 0 Å². The molecule has 1 aromatic heterocycles. The van der Waals surface area contributed by atoms with Gasteiger partial charge in [-0.1, -0.05) is 48.4 Å². The summed E-state index contributed by atoms with van der Waals surface area (Å²) >= 11 is 0. The quantitative estimate of drug-likeness (QED) is 0.890. The molecule has 1 fully saturated rings. The number of likely N-dealkylation sites (N-methyl/N-ethyl adjacent to an activating group) is 1. The molecule has 124 valence electrons. The summed E-state index contributed by atoms with van der Waals surface area (Å²) in [5.41, 5.74) is 2.33. The van der Waals surface area contributed by atoms with Gasteiger partial charge in [-0.05, 0) is 31.9 Å². The van der Waals surface area contributed by atoms with E-state index in [-0.39, 0.29) is 12.1 Å². The summed E-state index contributed by atoms with van der Waals surface area (Å²) in [6.45, 7) is 1.78. The van der Waals surface area contributed by atoms with Crippen LogP contribution in [-0.4, -0.2) is 44.7 Å². The van der Waals surface area contributed by atoms with Gasteiger partial charge in [0.1, 0.15) is 0 Å². The smallest absolute Gasteiger partial charge is 0.0967 e. The number of hydrogen-bond acceptors (Lipinski definition) is 4. The van der Waals surface area contributed by atoms with Crippen molar-refractivity contribution in [3.8, 4) is 0 Å². The molecule has 1 N–H and O–H groups in total. The molecular weight excluding hydrogens is 288 g/mol. The Labute approximate surface area is 137 Å². The van der Waals surface area contributed by atoms with Crippen LogP contribution in [0.1, 0.15) is 43.0 Å². The van der Waals surface area contributed by atoms with E-state index >= 15 is 0 Å². The van der Waals surface area contributed by atoms with Crippen molar-refractivity contribution >= 4 is 0 Å². The van der Waals surface area contributed by atoms with Gasteiger partial charge in [-0.2, -0.15) is 0 Å². The Balaban J connectivity index is 1.52. The average Bonchev–Trinajstić information content (AvgIpc) is 3.02. The Bertz CT molecular complexity index is 598. The van der Waals surface area contributed by atoms with E-state index in [1.165, 1.54) is 5.56 Å². The van der Waals surface area contributed by atoms with E-state index in [2.05, 4.69) is 46.5 Å². The fourth-order valence-electron chi connectivity index (χ4n) is 3.27. The van der Waals surface area contributed by atoms with Crippen LogP contribution in [-0.2, 0) is 13.0 Å². The number of hydrogen-bond donors (Lipinski definition) is 1. The van der Waals surface area contributed by atoms with Crippen molar-refractivity contribution < 1.29 is 5.11 Å². The van der Waals surface area contributed by atoms with Crippen molar-refractivity contribution in [1.29, 1.82) is 0 Å². The van der Waals surface area contributed by atoms with Crippen LogP contribution < -0.4 is 0 Å². The van der Waals surface area contributed by atoms with Gasteiger partial charge in [-0.3, -0.25) is 0 Å². The first-order valence-electron chi connectivity index (χ1n) is 8.53. The van der Waals surface area contributed by atoms with E-state index < -0.39 is 0 Å². The van der Waals surface area contributed by atoms with Gasteiger partial charge >= 0.3 is 0 Å². The van der Waals surface area contributed by atoms with Gasteiger partial charge in [0.15, 0.2) is 0 Å². The summed E-state index contributed by atoms with van der Waals surface area (Å²) < 4.78 is 1.87. The highest BCUT2D eigenvalue weighted by molar-refractivity contribution is 5.14. The molecule has 1 saturated carbocycles. The molecule has 23 heavy (non-hydrogen) atoms. The number of benzene rings is 1. The van der Waals surface area contributed by atoms with Gasteiger partial charge in [-0.25, -0.2) is 4.68 Å². The van der Waals surface area contributed by atoms with Crippen molar-refractivity contribution in [2.45, 2.75) is 50.8 Å². The first-order chi connectivity index (χ1) is 11.2. The molecule has 0 bridgehead atoms. The second-order valence-electron chi connectivity index (χ2n) is 6.58. The van der Waals surface area contributed by atoms with Crippen LogP contribution in [0.4, 0.5) is 0 Å². The predicted octanol–water partition coefficient (Wildman–Crippen LogP) is 2.43. The molecule has 1 aliphatic rings. The third-order valence-corrected chi connectivity index (χ3v) is 4.65. The third kappa shape index (κ3) is 4.39. The normalized spacial score (nSPS) is 21.7. The molecule has 1 heterocycles. The van der Waals surface area contributed by atoms with Crippen molar-refractivity contribution in [3.63, 3.8) is 0 Å². The fraction of sp³-hybridized carbons (Fsp3) is 0.556. The van der Waals surface area contributed by atoms with Crippen molar-refractivity contribution in [2.75, 3.05) is 13.6 Å². The molecule has 0 aliphatic heterocycles. The topological polar surface area (TPSA) is 54.2 Å². The first-order valence-corrected chi connectivity index (χ1v) is 8.53. The zero-order valence-electron chi connectivity index (χ0n) is 13.8. The SMILES string of the molecule is CN(CCc1ccccc1)Cc1cn(C2CCCCC2O)nn1. The number of aromatic nitrogens is 3. The molecule has 0 amide bonds. The monoisotopic (exact) mass is 314 g/mol. The average molecular weight is 314 g/mol. The fourth-order valence-corrected chi connectivity index (χ4v) is 3.27. The lowest BCUT2D eigenvalue weighted by Crippen LogP contribution is -2.28. The maximum atomic E-state index is 10.1. The van der Waals surface area contributed by atoms with E-state index in [1.807, 2.05) is 16.9 Å². The van der Waals surface area contributed by atoms with Gasteiger partial charge < -0.3 is 10.0 Å². The molecule has 0 spiro atoms. The van der Waals surface area contributed by atoms with Crippen LogP contribution in [0.25, 0.3) is 0 Å². The van der Waals surface area contributed by atoms with Crippen LogP contribution >= 0.6 is 0 Å². The Morgan fingerprint density at radius 3 is 2.78 bits per heavy atom. The zero-order valence-corrected chi connectivity index (χ0v) is 13.8. The summed E-state index contributed by atoms with van der Waals surface area (Å²) in [4.78, 5) is 2.26. The Morgan fingerprint density at radius 2 is 2.00 bits per heavy atom. The highest BCUT2D eigenvalue weighted by Crippen LogP contribution is 2.27. The van der Waals surface area contributed by atoms with E-state index in [0.717, 1.165) is 50.9 Å². The van der Waals surface area contributed by atoms with Gasteiger partial charge in [-0.15, -0.1) is 5.10 Å². The summed E-state index contributed by atoms with van der Waals surface area (Å²) in [5.74, 6) is 0. The second-order valence-corrected chi connectivity index (χ2v) is 6.58. The second kappa shape index (κ2) is 7.70. The number of rotatable bonds is 6. The standard InChI is InChI=1S/C18H26N4O/c1-21(12-11-15-7-3-2-4-8-15)13-16-14-22(20-19-16)17-9-5-6-10-18(17)23/h2-4,7-8,14,17-18,23H,5-6,9-13H2,1H3. The lowest BCUT2D eigenvalue weighted by atomic mass is 9.93. The van der Waals surface area contributed by atoms with Crippen LogP contribution in [0.15, 0.2) is 36.5 Å². The van der Waals surface area contributed by atoms with Crippen LogP contribution in [0.2, 0.25) is 0 Å². The van der Waals surface area contributed by atoms with Crippen LogP contribution in [0.3, 0.4) is 0 Å². The highest BCUT2D eigenvalue weighted by Gasteiger charge is 2.25. The number of nitrogens with zero attached hydrogens (tertiary/aromatic N) is 4. The maximum absolute atomic E-state index is 10.1. The summed E-state index contributed by atoms with van der Waals surface area (Å²) in [5, 5.41) is 18.6. The molecule has 1 aromatic carbocycles. The molecular formula is C18H26N4O. The van der Waals surface area contributed by atoms with Gasteiger partial charge in [0.05, 0.1) is 24.0 Å². The highest BCUT2D eigenvalue weighted by atomic mass is 16.3. The first kappa shape index (κ1) is 16.1. The Hall–Kier alpha value is -1.72. The zero-order chi connectivity index (χ0) is 16.1. The van der Waals surface area contributed by atoms with E-state index in [1.54, 1.807) is 0 Å². The van der Waals surface area contributed by atoms with Crippen molar-refractivity contribution in [2.24, 2.45) is 0 Å². The molecule has 0 saturated heterocycles. The van der Waals surface area contributed by atoms with Crippen LogP contribution in [0.5, 0.6) is 0 Å². The minimum absolute atomic E-state index is 0.0969.